The molecule has 0 saturated heterocycles. The van der Waals surface area contributed by atoms with Gasteiger partial charge in [0.05, 0.1) is 5.84 Å². The highest BCUT2D eigenvalue weighted by Gasteiger charge is 2.12. The van der Waals surface area contributed by atoms with Gasteiger partial charge in [0.1, 0.15) is 0 Å². The van der Waals surface area contributed by atoms with Gasteiger partial charge in [-0.1, -0.05) is 96.8 Å². The number of aliphatic imine (C=N–C) groups is 1. The Morgan fingerprint density at radius 3 is 1.64 bits per heavy atom. The molecular formula is C23H46N2. The van der Waals surface area contributed by atoms with E-state index in [1.807, 2.05) is 0 Å². The van der Waals surface area contributed by atoms with Crippen molar-refractivity contribution in [3.8, 4) is 0 Å². The summed E-state index contributed by atoms with van der Waals surface area (Å²) < 4.78 is 0. The number of unbranched alkanes of at least 4 members (excludes halogenated alkanes) is 14. The maximum atomic E-state index is 4.73. The fourth-order valence-electron chi connectivity index (χ4n) is 3.93. The van der Waals surface area contributed by atoms with Gasteiger partial charge < -0.3 is 4.90 Å². The van der Waals surface area contributed by atoms with Gasteiger partial charge in [0.2, 0.25) is 0 Å². The van der Waals surface area contributed by atoms with Crippen molar-refractivity contribution in [2.45, 2.75) is 123 Å². The molecule has 1 aliphatic heterocycles. The minimum Gasteiger partial charge on any atom is -0.361 e. The Labute approximate surface area is 158 Å². The highest BCUT2D eigenvalue weighted by molar-refractivity contribution is 5.82. The summed E-state index contributed by atoms with van der Waals surface area (Å²) >= 11 is 0. The summed E-state index contributed by atoms with van der Waals surface area (Å²) in [7, 11) is 0. The average molecular weight is 351 g/mol. The Kier molecular flexibility index (Phi) is 15.2. The fraction of sp³-hybridized carbons (Fsp3) is 0.957. The van der Waals surface area contributed by atoms with Crippen molar-refractivity contribution in [3.05, 3.63) is 0 Å². The van der Waals surface area contributed by atoms with Crippen molar-refractivity contribution in [2.24, 2.45) is 4.99 Å². The first-order valence-corrected chi connectivity index (χ1v) is 11.7. The Morgan fingerprint density at radius 2 is 1.16 bits per heavy atom. The van der Waals surface area contributed by atoms with Crippen molar-refractivity contribution in [1.82, 2.24) is 4.90 Å². The molecule has 0 unspecified atom stereocenters. The fourth-order valence-corrected chi connectivity index (χ4v) is 3.93. The van der Waals surface area contributed by atoms with E-state index in [1.54, 1.807) is 0 Å². The van der Waals surface area contributed by atoms with Crippen molar-refractivity contribution in [3.63, 3.8) is 0 Å². The Morgan fingerprint density at radius 1 is 0.680 bits per heavy atom. The highest BCUT2D eigenvalue weighted by atomic mass is 15.2. The van der Waals surface area contributed by atoms with E-state index in [0.717, 1.165) is 13.1 Å². The zero-order chi connectivity index (χ0) is 18.0. The first-order valence-electron chi connectivity index (χ1n) is 11.7. The van der Waals surface area contributed by atoms with E-state index < -0.39 is 0 Å². The third-order valence-electron chi connectivity index (χ3n) is 5.63. The van der Waals surface area contributed by atoms with Gasteiger partial charge >= 0.3 is 0 Å². The molecule has 2 nitrogen and oxygen atoms in total. The molecule has 0 amide bonds. The third kappa shape index (κ3) is 12.5. The predicted octanol–water partition coefficient (Wildman–Crippen LogP) is 7.37. The normalized spacial score (nSPS) is 14.8. The van der Waals surface area contributed by atoms with Crippen LogP contribution in [0.4, 0.5) is 0 Å². The predicted molar refractivity (Wildman–Crippen MR) is 114 cm³/mol. The number of nitrogens with zero attached hydrogens (tertiary/aromatic N) is 2. The van der Waals surface area contributed by atoms with Crippen molar-refractivity contribution in [1.29, 1.82) is 0 Å². The molecule has 0 aliphatic carbocycles. The van der Waals surface area contributed by atoms with Gasteiger partial charge in [-0.05, 0) is 19.8 Å². The van der Waals surface area contributed by atoms with Crippen LogP contribution >= 0.6 is 0 Å². The molecule has 0 aromatic rings. The van der Waals surface area contributed by atoms with E-state index in [-0.39, 0.29) is 0 Å². The lowest BCUT2D eigenvalue weighted by Gasteiger charge is -2.28. The number of rotatable bonds is 17. The smallest absolute Gasteiger partial charge is 0.0988 e. The second-order valence-electron chi connectivity index (χ2n) is 7.93. The monoisotopic (exact) mass is 350 g/mol. The molecule has 0 radical (unpaired) electrons. The van der Waals surface area contributed by atoms with Gasteiger partial charge in [-0.3, -0.25) is 4.99 Å². The van der Waals surface area contributed by atoms with E-state index >= 15 is 0 Å². The van der Waals surface area contributed by atoms with Crippen molar-refractivity contribution >= 4 is 5.84 Å². The molecular weight excluding hydrogens is 304 g/mol. The van der Waals surface area contributed by atoms with Crippen molar-refractivity contribution in [2.75, 3.05) is 19.6 Å². The second-order valence-corrected chi connectivity index (χ2v) is 7.93. The molecule has 0 aromatic heterocycles. The van der Waals surface area contributed by atoms with E-state index in [9.17, 15) is 0 Å². The summed E-state index contributed by atoms with van der Waals surface area (Å²) in [6.45, 7) is 7.98. The Balaban J connectivity index is 1.78. The summed E-state index contributed by atoms with van der Waals surface area (Å²) in [5, 5.41) is 0. The van der Waals surface area contributed by atoms with Crippen LogP contribution in [0.25, 0.3) is 0 Å². The minimum absolute atomic E-state index is 1.06. The van der Waals surface area contributed by atoms with Crippen LogP contribution in [0.5, 0.6) is 0 Å². The third-order valence-corrected chi connectivity index (χ3v) is 5.63. The lowest BCUT2D eigenvalue weighted by atomic mass is 10.0. The van der Waals surface area contributed by atoms with Crippen LogP contribution in [-0.2, 0) is 0 Å². The number of hydrogen-bond acceptors (Lipinski definition) is 2. The summed E-state index contributed by atoms with van der Waals surface area (Å²) in [6.07, 6.45) is 24.1. The number of amidine groups is 1. The summed E-state index contributed by atoms with van der Waals surface area (Å²) in [4.78, 5) is 7.21. The molecule has 2 heteroatoms. The average Bonchev–Trinajstić information content (AvgIpc) is 2.65. The topological polar surface area (TPSA) is 15.6 Å². The van der Waals surface area contributed by atoms with Crippen LogP contribution in [0.15, 0.2) is 4.99 Å². The Bertz CT molecular complexity index is 311. The summed E-state index contributed by atoms with van der Waals surface area (Å²) in [6, 6.07) is 0. The van der Waals surface area contributed by atoms with Crippen LogP contribution in [-0.4, -0.2) is 30.4 Å². The van der Waals surface area contributed by atoms with Crippen molar-refractivity contribution < 1.29 is 0 Å². The lowest BCUT2D eigenvalue weighted by molar-refractivity contribution is 0.401. The first kappa shape index (κ1) is 22.5. The molecule has 0 saturated carbocycles. The molecule has 0 spiro atoms. The number of hydrogen-bond donors (Lipinski definition) is 0. The van der Waals surface area contributed by atoms with Gasteiger partial charge in [0.15, 0.2) is 0 Å². The molecule has 0 N–H and O–H groups in total. The molecule has 25 heavy (non-hydrogen) atoms. The van der Waals surface area contributed by atoms with Crippen LogP contribution in [0.1, 0.15) is 123 Å². The van der Waals surface area contributed by atoms with E-state index in [4.69, 9.17) is 4.99 Å². The minimum atomic E-state index is 1.06. The molecule has 1 rings (SSSR count). The standard InChI is InChI=1S/C23H46N2/c1-3-5-6-7-8-9-10-11-12-13-14-15-16-17-18-20-23-24-21-19-22-25(23)4-2/h3-22H2,1-2H3. The molecule has 0 atom stereocenters. The van der Waals surface area contributed by atoms with E-state index in [0.29, 0.717) is 0 Å². The first-order chi connectivity index (χ1) is 12.4. The van der Waals surface area contributed by atoms with Crippen LogP contribution < -0.4 is 0 Å². The van der Waals surface area contributed by atoms with Gasteiger partial charge in [-0.25, -0.2) is 0 Å². The zero-order valence-corrected chi connectivity index (χ0v) is 17.5. The maximum Gasteiger partial charge on any atom is 0.0988 e. The lowest BCUT2D eigenvalue weighted by Crippen LogP contribution is -2.35. The van der Waals surface area contributed by atoms with Gasteiger partial charge in [0.25, 0.3) is 0 Å². The van der Waals surface area contributed by atoms with Crippen LogP contribution in [0, 0.1) is 0 Å². The Hall–Kier alpha value is -0.530. The molecule has 0 fully saturated rings. The van der Waals surface area contributed by atoms with Crippen LogP contribution in [0.2, 0.25) is 0 Å². The highest BCUT2D eigenvalue weighted by Crippen LogP contribution is 2.15. The van der Waals surface area contributed by atoms with E-state index in [1.165, 1.54) is 122 Å². The molecule has 1 aliphatic rings. The summed E-state index contributed by atoms with van der Waals surface area (Å²) in [5.74, 6) is 1.39. The van der Waals surface area contributed by atoms with Gasteiger partial charge in [-0.2, -0.15) is 0 Å². The second kappa shape index (κ2) is 16.9. The molecule has 0 aromatic carbocycles. The summed E-state index contributed by atoms with van der Waals surface area (Å²) in [5.41, 5.74) is 0. The van der Waals surface area contributed by atoms with Crippen LogP contribution in [0.3, 0.4) is 0 Å². The molecule has 0 bridgehead atoms. The van der Waals surface area contributed by atoms with Gasteiger partial charge in [-0.15, -0.1) is 0 Å². The largest absolute Gasteiger partial charge is 0.361 e. The van der Waals surface area contributed by atoms with Gasteiger partial charge in [0, 0.05) is 26.1 Å². The molecule has 1 heterocycles. The maximum absolute atomic E-state index is 4.73. The quantitative estimate of drug-likeness (QED) is 0.250. The van der Waals surface area contributed by atoms with E-state index in [2.05, 4.69) is 18.7 Å². The SMILES string of the molecule is CCCCCCCCCCCCCCCCCC1=NCCCN1CC. The molecule has 148 valence electrons. The zero-order valence-electron chi connectivity index (χ0n) is 17.5.